The first kappa shape index (κ1) is 15.4. The zero-order valence-corrected chi connectivity index (χ0v) is 11.6. The molecule has 1 aromatic rings. The number of carbonyl (C=O) groups excluding carboxylic acids is 1. The lowest BCUT2D eigenvalue weighted by Crippen LogP contribution is -2.27. The van der Waals surface area contributed by atoms with Gasteiger partial charge in [-0.15, -0.1) is 0 Å². The molecule has 0 aromatic carbocycles. The summed E-state index contributed by atoms with van der Waals surface area (Å²) in [6.45, 7) is 3.32. The third kappa shape index (κ3) is 6.76. The minimum Gasteiger partial charge on any atom is -0.495 e. The van der Waals surface area contributed by atoms with Gasteiger partial charge >= 0.3 is 0 Å². The topological polar surface area (TPSA) is 60.5 Å². The fraction of sp³-hybridized carbons (Fsp3) is 0.571. The minimum absolute atomic E-state index is 0.112. The van der Waals surface area contributed by atoms with Crippen molar-refractivity contribution in [1.82, 2.24) is 10.3 Å². The molecule has 0 radical (unpaired) electrons. The zero-order chi connectivity index (χ0) is 13.9. The first-order valence-electron chi connectivity index (χ1n) is 6.58. The second-order valence-corrected chi connectivity index (χ2v) is 4.27. The third-order valence-corrected chi connectivity index (χ3v) is 2.62. The van der Waals surface area contributed by atoms with E-state index < -0.39 is 0 Å². The van der Waals surface area contributed by atoms with Gasteiger partial charge in [0.25, 0.3) is 0 Å². The van der Waals surface area contributed by atoms with E-state index >= 15 is 0 Å². The molecule has 0 aliphatic heterocycles. The highest BCUT2D eigenvalue weighted by Gasteiger charge is 2.02. The number of amides is 1. The Balaban J connectivity index is 2.18. The van der Waals surface area contributed by atoms with E-state index in [1.165, 1.54) is 0 Å². The van der Waals surface area contributed by atoms with E-state index in [0.717, 1.165) is 24.8 Å². The number of rotatable bonds is 9. The molecule has 1 aromatic heterocycles. The van der Waals surface area contributed by atoms with Crippen LogP contribution in [0.1, 0.15) is 31.7 Å². The summed E-state index contributed by atoms with van der Waals surface area (Å²) in [5.41, 5.74) is 0.902. The van der Waals surface area contributed by atoms with E-state index in [4.69, 9.17) is 9.47 Å². The lowest BCUT2D eigenvalue weighted by molar-refractivity contribution is -0.125. The van der Waals surface area contributed by atoms with Crippen LogP contribution in [-0.4, -0.2) is 31.2 Å². The normalized spacial score (nSPS) is 10.2. The van der Waals surface area contributed by atoms with Crippen molar-refractivity contribution in [3.05, 3.63) is 24.0 Å². The number of methoxy groups -OCH3 is 1. The average molecular weight is 266 g/mol. The highest BCUT2D eigenvalue weighted by molar-refractivity contribution is 5.77. The number of nitrogens with zero attached hydrogens (tertiary/aromatic N) is 1. The molecule has 0 spiro atoms. The summed E-state index contributed by atoms with van der Waals surface area (Å²) in [4.78, 5) is 15.5. The molecule has 0 atom stereocenters. The van der Waals surface area contributed by atoms with E-state index in [1.54, 1.807) is 19.5 Å². The van der Waals surface area contributed by atoms with Crippen molar-refractivity contribution in [3.8, 4) is 5.75 Å². The van der Waals surface area contributed by atoms with Crippen LogP contribution in [0.3, 0.4) is 0 Å². The lowest BCUT2D eigenvalue weighted by atomic mass is 10.3. The maximum absolute atomic E-state index is 11.5. The predicted octanol–water partition coefficient (Wildman–Crippen LogP) is 1.91. The van der Waals surface area contributed by atoms with Crippen LogP contribution in [0.15, 0.2) is 18.5 Å². The highest BCUT2D eigenvalue weighted by atomic mass is 16.5. The first-order valence-corrected chi connectivity index (χ1v) is 6.58. The molecule has 1 N–H and O–H groups in total. The minimum atomic E-state index is -0.112. The SMILES string of the molecule is CCCCCOCC(=O)NCc1cncc(OC)c1. The number of unbranched alkanes of at least 4 members (excludes halogenated alkanes) is 2. The Kier molecular flexibility index (Phi) is 7.58. The standard InChI is InChI=1S/C14H22N2O3/c1-3-4-5-6-19-11-14(17)16-9-12-7-13(18-2)10-15-8-12/h7-8,10H,3-6,9,11H2,1-2H3,(H,16,17). The number of ether oxygens (including phenoxy) is 2. The average Bonchev–Trinajstić information content (AvgIpc) is 2.45. The Hall–Kier alpha value is -1.62. The quantitative estimate of drug-likeness (QED) is 0.694. The maximum Gasteiger partial charge on any atom is 0.246 e. The van der Waals surface area contributed by atoms with Gasteiger partial charge in [-0.05, 0) is 18.1 Å². The van der Waals surface area contributed by atoms with Gasteiger partial charge in [-0.1, -0.05) is 19.8 Å². The summed E-state index contributed by atoms with van der Waals surface area (Å²) in [7, 11) is 1.59. The molecular weight excluding hydrogens is 244 g/mol. The highest BCUT2D eigenvalue weighted by Crippen LogP contribution is 2.09. The lowest BCUT2D eigenvalue weighted by Gasteiger charge is -2.07. The molecule has 106 valence electrons. The van der Waals surface area contributed by atoms with Gasteiger partial charge in [0.1, 0.15) is 12.4 Å². The molecule has 0 aliphatic carbocycles. The number of carbonyl (C=O) groups is 1. The summed E-state index contributed by atoms with van der Waals surface area (Å²) in [5.74, 6) is 0.571. The molecule has 0 aliphatic rings. The molecule has 5 heteroatoms. The molecule has 1 heterocycles. The summed E-state index contributed by atoms with van der Waals surface area (Å²) in [6.07, 6.45) is 6.62. The zero-order valence-electron chi connectivity index (χ0n) is 11.6. The van der Waals surface area contributed by atoms with Crippen LogP contribution in [0.2, 0.25) is 0 Å². The van der Waals surface area contributed by atoms with Gasteiger partial charge in [0, 0.05) is 19.3 Å². The Morgan fingerprint density at radius 1 is 1.37 bits per heavy atom. The molecule has 0 saturated heterocycles. The van der Waals surface area contributed by atoms with Crippen molar-refractivity contribution in [2.75, 3.05) is 20.3 Å². The van der Waals surface area contributed by atoms with Gasteiger partial charge in [-0.25, -0.2) is 0 Å². The largest absolute Gasteiger partial charge is 0.495 e. The van der Waals surface area contributed by atoms with Crippen LogP contribution in [0, 0.1) is 0 Å². The molecule has 19 heavy (non-hydrogen) atoms. The van der Waals surface area contributed by atoms with E-state index in [-0.39, 0.29) is 12.5 Å². The molecule has 0 unspecified atom stereocenters. The number of aromatic nitrogens is 1. The summed E-state index contributed by atoms with van der Waals surface area (Å²) >= 11 is 0. The van der Waals surface area contributed by atoms with Gasteiger partial charge in [0.05, 0.1) is 13.3 Å². The van der Waals surface area contributed by atoms with Crippen molar-refractivity contribution in [2.45, 2.75) is 32.7 Å². The van der Waals surface area contributed by atoms with Crippen molar-refractivity contribution in [3.63, 3.8) is 0 Å². The number of hydrogen-bond donors (Lipinski definition) is 1. The smallest absolute Gasteiger partial charge is 0.246 e. The first-order chi connectivity index (χ1) is 9.26. The van der Waals surface area contributed by atoms with Crippen LogP contribution >= 0.6 is 0 Å². The van der Waals surface area contributed by atoms with Crippen LogP contribution in [0.4, 0.5) is 0 Å². The maximum atomic E-state index is 11.5. The van der Waals surface area contributed by atoms with Crippen LogP contribution in [0.5, 0.6) is 5.75 Å². The fourth-order valence-electron chi connectivity index (χ4n) is 1.54. The third-order valence-electron chi connectivity index (χ3n) is 2.62. The van der Waals surface area contributed by atoms with Crippen molar-refractivity contribution >= 4 is 5.91 Å². The molecule has 0 saturated carbocycles. The van der Waals surface area contributed by atoms with Gasteiger partial charge in [0.2, 0.25) is 5.91 Å². The Morgan fingerprint density at radius 3 is 2.95 bits per heavy atom. The predicted molar refractivity (Wildman–Crippen MR) is 73.0 cm³/mol. The van der Waals surface area contributed by atoms with Crippen molar-refractivity contribution < 1.29 is 14.3 Å². The van der Waals surface area contributed by atoms with E-state index in [2.05, 4.69) is 17.2 Å². The van der Waals surface area contributed by atoms with E-state index in [0.29, 0.717) is 18.9 Å². The molecule has 1 amide bonds. The van der Waals surface area contributed by atoms with E-state index in [9.17, 15) is 4.79 Å². The summed E-state index contributed by atoms with van der Waals surface area (Å²) in [5, 5.41) is 2.78. The number of nitrogens with one attached hydrogen (secondary N) is 1. The summed E-state index contributed by atoms with van der Waals surface area (Å²) in [6, 6.07) is 1.84. The molecule has 0 fully saturated rings. The van der Waals surface area contributed by atoms with Gasteiger partial charge in [-0.2, -0.15) is 0 Å². The Bertz CT molecular complexity index is 383. The van der Waals surface area contributed by atoms with Gasteiger partial charge in [0.15, 0.2) is 0 Å². The Morgan fingerprint density at radius 2 is 2.21 bits per heavy atom. The van der Waals surface area contributed by atoms with Crippen molar-refractivity contribution in [1.29, 1.82) is 0 Å². The Labute approximate surface area is 114 Å². The molecule has 1 rings (SSSR count). The second kappa shape index (κ2) is 9.33. The van der Waals surface area contributed by atoms with Gasteiger partial charge in [-0.3, -0.25) is 9.78 Å². The van der Waals surface area contributed by atoms with Gasteiger partial charge < -0.3 is 14.8 Å². The fourth-order valence-corrected chi connectivity index (χ4v) is 1.54. The monoisotopic (exact) mass is 266 g/mol. The molecular formula is C14H22N2O3. The number of pyridine rings is 1. The van der Waals surface area contributed by atoms with Crippen LogP contribution in [0.25, 0.3) is 0 Å². The van der Waals surface area contributed by atoms with Crippen LogP contribution in [-0.2, 0) is 16.1 Å². The second-order valence-electron chi connectivity index (χ2n) is 4.27. The molecule has 5 nitrogen and oxygen atoms in total. The number of hydrogen-bond acceptors (Lipinski definition) is 4. The van der Waals surface area contributed by atoms with E-state index in [1.807, 2.05) is 6.07 Å². The summed E-state index contributed by atoms with van der Waals surface area (Å²) < 4.78 is 10.3. The van der Waals surface area contributed by atoms with Crippen molar-refractivity contribution in [2.24, 2.45) is 0 Å². The molecule has 0 bridgehead atoms. The van der Waals surface area contributed by atoms with Crippen LogP contribution < -0.4 is 10.1 Å².